The van der Waals surface area contributed by atoms with Crippen LogP contribution in [0.25, 0.3) is 5.65 Å². The lowest BCUT2D eigenvalue weighted by molar-refractivity contribution is 0.0615. The first kappa shape index (κ1) is 11.9. The first-order chi connectivity index (χ1) is 8.31. The van der Waals surface area contributed by atoms with Crippen molar-refractivity contribution in [3.63, 3.8) is 0 Å². The Morgan fingerprint density at radius 2 is 2.41 bits per heavy atom. The second-order valence-corrected chi connectivity index (χ2v) is 3.89. The van der Waals surface area contributed by atoms with Crippen LogP contribution < -0.4 is 5.32 Å². The van der Waals surface area contributed by atoms with Gasteiger partial charge in [-0.3, -0.25) is 4.40 Å². The second kappa shape index (κ2) is 5.65. The Labute approximate surface area is 100 Å². The summed E-state index contributed by atoms with van der Waals surface area (Å²) in [7, 11) is 1.59. The highest BCUT2D eigenvalue weighted by molar-refractivity contribution is 5.49. The van der Waals surface area contributed by atoms with Gasteiger partial charge in [0, 0.05) is 26.0 Å². The number of ether oxygens (including phenoxy) is 1. The fourth-order valence-electron chi connectivity index (χ4n) is 1.73. The largest absolute Gasteiger partial charge is 0.391 e. The SMILES string of the molecule is COCC(O)CCNc1cccc2nccn12. The predicted molar refractivity (Wildman–Crippen MR) is 66.2 cm³/mol. The summed E-state index contributed by atoms with van der Waals surface area (Å²) in [6.45, 7) is 1.07. The number of fused-ring (bicyclic) bond motifs is 1. The summed E-state index contributed by atoms with van der Waals surface area (Å²) >= 11 is 0. The predicted octanol–water partition coefficient (Wildman–Crippen LogP) is 1.14. The molecule has 0 aliphatic rings. The van der Waals surface area contributed by atoms with Gasteiger partial charge in [0.1, 0.15) is 11.5 Å². The Hall–Kier alpha value is -1.59. The van der Waals surface area contributed by atoms with Crippen LogP contribution >= 0.6 is 0 Å². The van der Waals surface area contributed by atoms with Gasteiger partial charge in [0.15, 0.2) is 0 Å². The molecule has 2 aromatic heterocycles. The quantitative estimate of drug-likeness (QED) is 0.788. The van der Waals surface area contributed by atoms with Crippen LogP contribution in [0.5, 0.6) is 0 Å². The van der Waals surface area contributed by atoms with Gasteiger partial charge in [-0.25, -0.2) is 4.98 Å². The molecule has 1 unspecified atom stereocenters. The Morgan fingerprint density at radius 3 is 3.24 bits per heavy atom. The molecule has 1 atom stereocenters. The van der Waals surface area contributed by atoms with Crippen molar-refractivity contribution in [3.8, 4) is 0 Å². The Bertz CT molecular complexity index is 469. The van der Waals surface area contributed by atoms with Crippen LogP contribution in [-0.2, 0) is 4.74 Å². The maximum atomic E-state index is 9.52. The molecule has 0 aliphatic heterocycles. The topological polar surface area (TPSA) is 58.8 Å². The van der Waals surface area contributed by atoms with Crippen LogP contribution in [0.4, 0.5) is 5.82 Å². The van der Waals surface area contributed by atoms with E-state index in [1.54, 1.807) is 13.3 Å². The van der Waals surface area contributed by atoms with Gasteiger partial charge in [-0.2, -0.15) is 0 Å². The molecule has 0 aromatic carbocycles. The first-order valence-electron chi connectivity index (χ1n) is 5.64. The molecular weight excluding hydrogens is 218 g/mol. The van der Waals surface area contributed by atoms with Crippen molar-refractivity contribution < 1.29 is 9.84 Å². The van der Waals surface area contributed by atoms with E-state index in [1.807, 2.05) is 28.8 Å². The Morgan fingerprint density at radius 1 is 1.53 bits per heavy atom. The zero-order valence-corrected chi connectivity index (χ0v) is 9.84. The van der Waals surface area contributed by atoms with E-state index in [-0.39, 0.29) is 0 Å². The molecule has 2 N–H and O–H groups in total. The number of aliphatic hydroxyl groups is 1. The number of imidazole rings is 1. The van der Waals surface area contributed by atoms with Crippen molar-refractivity contribution in [2.24, 2.45) is 0 Å². The van der Waals surface area contributed by atoms with Crippen molar-refractivity contribution in [3.05, 3.63) is 30.6 Å². The van der Waals surface area contributed by atoms with Gasteiger partial charge in [-0.05, 0) is 18.6 Å². The molecule has 0 saturated heterocycles. The molecule has 2 heterocycles. The molecule has 0 radical (unpaired) electrons. The zero-order valence-electron chi connectivity index (χ0n) is 9.84. The minimum atomic E-state index is -0.422. The Kier molecular flexibility index (Phi) is 3.95. The van der Waals surface area contributed by atoms with Gasteiger partial charge in [0.2, 0.25) is 0 Å². The molecule has 0 fully saturated rings. The number of hydrogen-bond donors (Lipinski definition) is 2. The number of nitrogens with zero attached hydrogens (tertiary/aromatic N) is 2. The van der Waals surface area contributed by atoms with Crippen LogP contribution in [0.1, 0.15) is 6.42 Å². The average Bonchev–Trinajstić information content (AvgIpc) is 2.78. The number of aromatic nitrogens is 2. The van der Waals surface area contributed by atoms with E-state index in [0.717, 1.165) is 11.5 Å². The number of rotatable bonds is 6. The molecule has 0 aliphatic carbocycles. The zero-order chi connectivity index (χ0) is 12.1. The van der Waals surface area contributed by atoms with Crippen molar-refractivity contribution in [1.29, 1.82) is 0 Å². The van der Waals surface area contributed by atoms with Gasteiger partial charge in [0.25, 0.3) is 0 Å². The number of hydrogen-bond acceptors (Lipinski definition) is 4. The van der Waals surface area contributed by atoms with Crippen molar-refractivity contribution in [1.82, 2.24) is 9.38 Å². The summed E-state index contributed by atoms with van der Waals surface area (Å²) in [5.74, 6) is 0.976. The summed E-state index contributed by atoms with van der Waals surface area (Å²) in [5, 5.41) is 12.8. The van der Waals surface area contributed by atoms with E-state index in [0.29, 0.717) is 19.6 Å². The first-order valence-corrected chi connectivity index (χ1v) is 5.64. The Balaban J connectivity index is 1.92. The molecular formula is C12H17N3O2. The fraction of sp³-hybridized carbons (Fsp3) is 0.417. The van der Waals surface area contributed by atoms with E-state index < -0.39 is 6.10 Å². The standard InChI is InChI=1S/C12H17N3O2/c1-17-9-10(16)5-6-13-11-3-2-4-12-14-7-8-15(11)12/h2-4,7-8,10,13,16H,5-6,9H2,1H3. The monoisotopic (exact) mass is 235 g/mol. The summed E-state index contributed by atoms with van der Waals surface area (Å²) in [4.78, 5) is 4.21. The van der Waals surface area contributed by atoms with E-state index in [1.165, 1.54) is 0 Å². The van der Waals surface area contributed by atoms with Gasteiger partial charge in [-0.1, -0.05) is 6.07 Å². The van der Waals surface area contributed by atoms with Crippen LogP contribution in [0.3, 0.4) is 0 Å². The molecule has 5 nitrogen and oxygen atoms in total. The minimum Gasteiger partial charge on any atom is -0.391 e. The lowest BCUT2D eigenvalue weighted by atomic mass is 10.2. The lowest BCUT2D eigenvalue weighted by Crippen LogP contribution is -2.18. The second-order valence-electron chi connectivity index (χ2n) is 3.89. The van der Waals surface area contributed by atoms with Crippen LogP contribution in [0, 0.1) is 0 Å². The lowest BCUT2D eigenvalue weighted by Gasteiger charge is -2.12. The fourth-order valence-corrected chi connectivity index (χ4v) is 1.73. The maximum Gasteiger partial charge on any atom is 0.138 e. The van der Waals surface area contributed by atoms with E-state index in [2.05, 4.69) is 10.3 Å². The third-order valence-corrected chi connectivity index (χ3v) is 2.57. The number of nitrogens with one attached hydrogen (secondary N) is 1. The summed E-state index contributed by atoms with van der Waals surface area (Å²) in [5.41, 5.74) is 0.910. The molecule has 0 spiro atoms. The highest BCUT2D eigenvalue weighted by Gasteiger charge is 2.04. The maximum absolute atomic E-state index is 9.52. The summed E-state index contributed by atoms with van der Waals surface area (Å²) in [6.07, 6.45) is 3.90. The molecule has 2 rings (SSSR count). The van der Waals surface area contributed by atoms with E-state index in [9.17, 15) is 5.11 Å². The van der Waals surface area contributed by atoms with E-state index in [4.69, 9.17) is 4.74 Å². The van der Waals surface area contributed by atoms with Gasteiger partial charge in [-0.15, -0.1) is 0 Å². The molecule has 2 aromatic rings. The van der Waals surface area contributed by atoms with Crippen LogP contribution in [-0.4, -0.2) is 40.9 Å². The number of methoxy groups -OCH3 is 1. The van der Waals surface area contributed by atoms with Crippen LogP contribution in [0.2, 0.25) is 0 Å². The minimum absolute atomic E-state index is 0.372. The van der Waals surface area contributed by atoms with Gasteiger partial charge < -0.3 is 15.2 Å². The normalized spacial score (nSPS) is 12.8. The third-order valence-electron chi connectivity index (χ3n) is 2.57. The average molecular weight is 235 g/mol. The number of anilines is 1. The molecule has 0 amide bonds. The third kappa shape index (κ3) is 2.95. The van der Waals surface area contributed by atoms with Crippen molar-refractivity contribution >= 4 is 11.5 Å². The molecule has 17 heavy (non-hydrogen) atoms. The summed E-state index contributed by atoms with van der Waals surface area (Å²) in [6, 6.07) is 5.89. The summed E-state index contributed by atoms with van der Waals surface area (Å²) < 4.78 is 6.85. The van der Waals surface area contributed by atoms with Crippen molar-refractivity contribution in [2.45, 2.75) is 12.5 Å². The van der Waals surface area contributed by atoms with Crippen LogP contribution in [0.15, 0.2) is 30.6 Å². The number of pyridine rings is 1. The highest BCUT2D eigenvalue weighted by atomic mass is 16.5. The smallest absolute Gasteiger partial charge is 0.138 e. The van der Waals surface area contributed by atoms with E-state index >= 15 is 0 Å². The van der Waals surface area contributed by atoms with Crippen molar-refractivity contribution in [2.75, 3.05) is 25.6 Å². The molecule has 0 saturated carbocycles. The number of aliphatic hydroxyl groups excluding tert-OH is 1. The highest BCUT2D eigenvalue weighted by Crippen LogP contribution is 2.10. The van der Waals surface area contributed by atoms with Gasteiger partial charge >= 0.3 is 0 Å². The molecule has 92 valence electrons. The van der Waals surface area contributed by atoms with Gasteiger partial charge in [0.05, 0.1) is 12.7 Å². The molecule has 5 heteroatoms. The molecule has 0 bridgehead atoms.